The summed E-state index contributed by atoms with van der Waals surface area (Å²) in [5.41, 5.74) is 19.6. The maximum Gasteiger partial charge on any atom is 0.252 e. The van der Waals surface area contributed by atoms with E-state index < -0.39 is 16.1 Å². The lowest BCUT2D eigenvalue weighted by Crippen LogP contribution is -2.62. The van der Waals surface area contributed by atoms with Gasteiger partial charge in [0, 0.05) is 34.1 Å². The standard InChI is InChI=1S/C56H61BN2Si2/c1-55(2,3)42-24-15-13-22-40(42)38-32-34-44-50(36-38)58(46-26-17-19-30-52(46)60(7,8)9)48-28-21-29-49-54(48)57(44)45-35-33-39(41-23-14-16-25-43(41)56(4,5)6)37-51(45)59(49)47-27-18-20-31-53(47)61(10,11)12/h13-37H,1-12H3. The lowest BCUT2D eigenvalue weighted by molar-refractivity contribution is 0.591. The average molecular weight is 829 g/mol. The van der Waals surface area contributed by atoms with Crippen molar-refractivity contribution in [3.8, 4) is 22.3 Å². The van der Waals surface area contributed by atoms with Crippen molar-refractivity contribution in [1.82, 2.24) is 0 Å². The molecule has 0 saturated carbocycles. The summed E-state index contributed by atoms with van der Waals surface area (Å²) in [4.78, 5) is 5.28. The molecule has 2 nitrogen and oxygen atoms in total. The zero-order valence-corrected chi connectivity index (χ0v) is 40.4. The van der Waals surface area contributed by atoms with Crippen LogP contribution in [0.4, 0.5) is 34.1 Å². The van der Waals surface area contributed by atoms with Crippen LogP contribution in [0.25, 0.3) is 22.3 Å². The van der Waals surface area contributed by atoms with Crippen LogP contribution >= 0.6 is 0 Å². The Morgan fingerprint density at radius 2 is 0.738 bits per heavy atom. The van der Waals surface area contributed by atoms with E-state index in [0.717, 1.165) is 0 Å². The smallest absolute Gasteiger partial charge is 0.252 e. The summed E-state index contributed by atoms with van der Waals surface area (Å²) in [6.07, 6.45) is 0. The van der Waals surface area contributed by atoms with E-state index in [-0.39, 0.29) is 17.5 Å². The third kappa shape index (κ3) is 7.04. The van der Waals surface area contributed by atoms with E-state index in [2.05, 4.69) is 242 Å². The lowest BCUT2D eigenvalue weighted by atomic mass is 9.33. The second-order valence-electron chi connectivity index (χ2n) is 21.5. The summed E-state index contributed by atoms with van der Waals surface area (Å²) in [6, 6.07) is 58.4. The third-order valence-electron chi connectivity index (χ3n) is 13.0. The molecule has 0 aliphatic carbocycles. The number of fused-ring (bicyclic) bond motifs is 4. The van der Waals surface area contributed by atoms with Crippen LogP contribution in [0.15, 0.2) is 152 Å². The Morgan fingerprint density at radius 3 is 1.13 bits per heavy atom. The Bertz CT molecular complexity index is 2640. The van der Waals surface area contributed by atoms with Crippen LogP contribution in [-0.4, -0.2) is 22.9 Å². The highest BCUT2D eigenvalue weighted by Gasteiger charge is 2.45. The van der Waals surface area contributed by atoms with E-state index in [9.17, 15) is 0 Å². The molecule has 0 aromatic heterocycles. The number of hydrogen-bond acceptors (Lipinski definition) is 2. The fraction of sp³-hybridized carbons (Fsp3) is 0.250. The first-order chi connectivity index (χ1) is 28.8. The van der Waals surface area contributed by atoms with Crippen molar-refractivity contribution in [2.45, 2.75) is 91.7 Å². The van der Waals surface area contributed by atoms with Crippen molar-refractivity contribution in [2.75, 3.05) is 9.80 Å². The molecule has 7 aromatic carbocycles. The molecule has 2 heterocycles. The summed E-state index contributed by atoms with van der Waals surface area (Å²) in [6.45, 7) is 28.9. The first-order valence-corrected chi connectivity index (χ1v) is 29.2. The van der Waals surface area contributed by atoms with Gasteiger partial charge < -0.3 is 9.80 Å². The zero-order valence-electron chi connectivity index (χ0n) is 38.4. The van der Waals surface area contributed by atoms with Crippen molar-refractivity contribution < 1.29 is 0 Å². The first kappa shape index (κ1) is 41.0. The van der Waals surface area contributed by atoms with E-state index in [0.29, 0.717) is 0 Å². The van der Waals surface area contributed by atoms with Crippen LogP contribution in [0.2, 0.25) is 39.3 Å². The Labute approximate surface area is 368 Å². The van der Waals surface area contributed by atoms with Crippen LogP contribution in [0.3, 0.4) is 0 Å². The number of nitrogens with zero attached hydrogens (tertiary/aromatic N) is 2. The Hall–Kier alpha value is -5.36. The van der Waals surface area contributed by atoms with Crippen molar-refractivity contribution in [1.29, 1.82) is 0 Å². The highest BCUT2D eigenvalue weighted by Crippen LogP contribution is 2.46. The number of para-hydroxylation sites is 2. The van der Waals surface area contributed by atoms with Crippen LogP contribution in [0, 0.1) is 0 Å². The van der Waals surface area contributed by atoms with Gasteiger partial charge >= 0.3 is 0 Å². The monoisotopic (exact) mass is 828 g/mol. The predicted molar refractivity (Wildman–Crippen MR) is 275 cm³/mol. The van der Waals surface area contributed by atoms with Gasteiger partial charge in [0.25, 0.3) is 6.71 Å². The quantitative estimate of drug-likeness (QED) is 0.154. The first-order valence-electron chi connectivity index (χ1n) is 22.2. The summed E-state index contributed by atoms with van der Waals surface area (Å²) in [5.74, 6) is 0. The average Bonchev–Trinajstić information content (AvgIpc) is 3.22. The van der Waals surface area contributed by atoms with E-state index in [1.807, 2.05) is 0 Å². The third-order valence-corrected chi connectivity index (χ3v) is 17.1. The van der Waals surface area contributed by atoms with Gasteiger partial charge in [0.05, 0.1) is 16.1 Å². The Balaban J connectivity index is 1.39. The summed E-state index contributed by atoms with van der Waals surface area (Å²) >= 11 is 0. The summed E-state index contributed by atoms with van der Waals surface area (Å²) in [5, 5.41) is 2.94. The molecular weight excluding hydrogens is 768 g/mol. The minimum atomic E-state index is -1.80. The second kappa shape index (κ2) is 14.6. The van der Waals surface area contributed by atoms with Crippen LogP contribution in [0.1, 0.15) is 52.7 Å². The normalized spacial score (nSPS) is 13.8. The molecule has 2 aliphatic rings. The van der Waals surface area contributed by atoms with Crippen LogP contribution in [0.5, 0.6) is 0 Å². The van der Waals surface area contributed by atoms with Crippen LogP contribution in [-0.2, 0) is 10.8 Å². The van der Waals surface area contributed by atoms with Gasteiger partial charge in [-0.1, -0.05) is 196 Å². The second-order valence-corrected chi connectivity index (χ2v) is 31.6. The van der Waals surface area contributed by atoms with Gasteiger partial charge in [0.1, 0.15) is 0 Å². The molecule has 306 valence electrons. The highest BCUT2D eigenvalue weighted by atomic mass is 28.3. The van der Waals surface area contributed by atoms with Crippen molar-refractivity contribution >= 4 is 83.7 Å². The van der Waals surface area contributed by atoms with Crippen molar-refractivity contribution in [2.24, 2.45) is 0 Å². The minimum Gasteiger partial charge on any atom is -0.312 e. The largest absolute Gasteiger partial charge is 0.312 e. The van der Waals surface area contributed by atoms with Gasteiger partial charge in [-0.2, -0.15) is 0 Å². The molecule has 0 spiro atoms. The van der Waals surface area contributed by atoms with Crippen molar-refractivity contribution in [3.63, 3.8) is 0 Å². The highest BCUT2D eigenvalue weighted by molar-refractivity contribution is 7.00. The minimum absolute atomic E-state index is 0.000589. The Kier molecular flexibility index (Phi) is 9.84. The van der Waals surface area contributed by atoms with Gasteiger partial charge in [0.15, 0.2) is 0 Å². The van der Waals surface area contributed by atoms with Gasteiger partial charge in [-0.05, 0) is 107 Å². The maximum absolute atomic E-state index is 2.64. The predicted octanol–water partition coefficient (Wildman–Crippen LogP) is 12.8. The molecule has 9 rings (SSSR count). The molecule has 0 N–H and O–H groups in total. The van der Waals surface area contributed by atoms with E-state index in [4.69, 9.17) is 0 Å². The van der Waals surface area contributed by atoms with E-state index >= 15 is 0 Å². The van der Waals surface area contributed by atoms with Gasteiger partial charge in [0.2, 0.25) is 0 Å². The molecule has 0 fully saturated rings. The molecule has 61 heavy (non-hydrogen) atoms. The number of rotatable bonds is 6. The lowest BCUT2D eigenvalue weighted by Gasteiger charge is -2.45. The molecule has 2 aliphatic heterocycles. The molecule has 0 unspecified atom stereocenters. The molecular formula is C56H61BN2Si2. The zero-order chi connectivity index (χ0) is 43.2. The summed E-state index contributed by atoms with van der Waals surface area (Å²) < 4.78 is 0. The molecule has 0 bridgehead atoms. The molecule has 0 amide bonds. The van der Waals surface area contributed by atoms with Gasteiger partial charge in [-0.15, -0.1) is 0 Å². The van der Waals surface area contributed by atoms with Crippen LogP contribution < -0.4 is 36.6 Å². The maximum atomic E-state index is 2.64. The Morgan fingerprint density at radius 1 is 0.377 bits per heavy atom. The molecule has 0 saturated heterocycles. The molecule has 7 aromatic rings. The molecule has 0 atom stereocenters. The fourth-order valence-electron chi connectivity index (χ4n) is 10.2. The van der Waals surface area contributed by atoms with E-state index in [1.165, 1.54) is 94.3 Å². The molecule has 5 heteroatoms. The number of benzene rings is 7. The fourth-order valence-corrected chi connectivity index (χ4v) is 13.3. The van der Waals surface area contributed by atoms with Crippen molar-refractivity contribution in [3.05, 3.63) is 163 Å². The number of hydrogen-bond donors (Lipinski definition) is 0. The summed E-state index contributed by atoms with van der Waals surface area (Å²) in [7, 11) is -3.59. The topological polar surface area (TPSA) is 6.48 Å². The SMILES string of the molecule is CC(C)(C)c1ccccc1-c1ccc2c(c1)N(c1ccccc1[Si](C)(C)C)c1cccc3c1B2c1ccc(-c2ccccc2C(C)(C)C)cc1N3c1ccccc1[Si](C)(C)C. The number of anilines is 6. The molecule has 0 radical (unpaired) electrons. The van der Waals surface area contributed by atoms with E-state index in [1.54, 1.807) is 0 Å². The van der Waals surface area contributed by atoms with Gasteiger partial charge in [-0.3, -0.25) is 0 Å². The van der Waals surface area contributed by atoms with Gasteiger partial charge in [-0.25, -0.2) is 0 Å².